The van der Waals surface area contributed by atoms with Crippen LogP contribution >= 0.6 is 11.3 Å². The van der Waals surface area contributed by atoms with Crippen molar-refractivity contribution < 1.29 is 0 Å². The molecule has 1 aliphatic heterocycles. The van der Waals surface area contributed by atoms with E-state index >= 15 is 0 Å². The van der Waals surface area contributed by atoms with Crippen LogP contribution in [0.15, 0.2) is 12.1 Å². The van der Waals surface area contributed by atoms with Crippen molar-refractivity contribution >= 4 is 11.3 Å². The maximum atomic E-state index is 3.67. The molecule has 3 rings (SSSR count). The van der Waals surface area contributed by atoms with Gasteiger partial charge in [-0.3, -0.25) is 4.90 Å². The summed E-state index contributed by atoms with van der Waals surface area (Å²) in [6.07, 6.45) is 5.38. The summed E-state index contributed by atoms with van der Waals surface area (Å²) in [4.78, 5) is 5.70. The smallest absolute Gasteiger partial charge is 0.0328 e. The standard InChI is InChI=1S/C15H24N2S/c1-2-14-5-6-15(18-14)11-17-8-7-12(10-17)9-16-13-3-4-13/h5-6,12-13,16H,2-4,7-11H2,1H3. The first kappa shape index (κ1) is 12.6. The first-order valence-corrected chi connectivity index (χ1v) is 8.18. The van der Waals surface area contributed by atoms with Gasteiger partial charge in [-0.05, 0) is 56.8 Å². The van der Waals surface area contributed by atoms with Gasteiger partial charge in [0.15, 0.2) is 0 Å². The molecule has 2 aliphatic rings. The molecule has 1 saturated heterocycles. The number of rotatable bonds is 6. The highest BCUT2D eigenvalue weighted by molar-refractivity contribution is 7.11. The lowest BCUT2D eigenvalue weighted by atomic mass is 10.1. The molecule has 1 atom stereocenters. The number of nitrogens with zero attached hydrogens (tertiary/aromatic N) is 1. The minimum absolute atomic E-state index is 0.864. The summed E-state index contributed by atoms with van der Waals surface area (Å²) in [5, 5.41) is 3.67. The minimum atomic E-state index is 0.864. The molecule has 1 N–H and O–H groups in total. The fraction of sp³-hybridized carbons (Fsp3) is 0.733. The fourth-order valence-electron chi connectivity index (χ4n) is 2.76. The SMILES string of the molecule is CCc1ccc(CN2CCC(CNC3CC3)C2)s1. The molecule has 1 aromatic heterocycles. The number of likely N-dealkylation sites (tertiary alicyclic amines) is 1. The van der Waals surface area contributed by atoms with Crippen LogP contribution in [0.5, 0.6) is 0 Å². The van der Waals surface area contributed by atoms with Gasteiger partial charge in [0, 0.05) is 28.9 Å². The zero-order valence-corrected chi connectivity index (χ0v) is 12.1. The third-order valence-electron chi connectivity index (χ3n) is 4.09. The van der Waals surface area contributed by atoms with E-state index in [1.807, 2.05) is 11.3 Å². The average Bonchev–Trinajstić information content (AvgIpc) is 2.93. The van der Waals surface area contributed by atoms with E-state index in [1.54, 1.807) is 4.88 Å². The van der Waals surface area contributed by atoms with Crippen molar-refractivity contribution in [2.24, 2.45) is 5.92 Å². The lowest BCUT2D eigenvalue weighted by molar-refractivity contribution is 0.317. The van der Waals surface area contributed by atoms with Crippen molar-refractivity contribution in [2.75, 3.05) is 19.6 Å². The first-order chi connectivity index (χ1) is 8.83. The molecule has 0 aromatic carbocycles. The number of nitrogens with one attached hydrogen (secondary N) is 1. The van der Waals surface area contributed by atoms with Crippen molar-refractivity contribution in [2.45, 2.75) is 45.2 Å². The van der Waals surface area contributed by atoms with E-state index in [0.717, 1.165) is 12.0 Å². The average molecular weight is 264 g/mol. The molecule has 0 spiro atoms. The Kier molecular flexibility index (Phi) is 4.02. The van der Waals surface area contributed by atoms with E-state index in [0.29, 0.717) is 0 Å². The molecular formula is C15H24N2S. The molecule has 0 radical (unpaired) electrons. The lowest BCUT2D eigenvalue weighted by Gasteiger charge is -2.15. The van der Waals surface area contributed by atoms with E-state index in [2.05, 4.69) is 29.3 Å². The summed E-state index contributed by atoms with van der Waals surface area (Å²) in [5.41, 5.74) is 0. The molecule has 2 fully saturated rings. The van der Waals surface area contributed by atoms with Gasteiger partial charge in [-0.2, -0.15) is 0 Å². The highest BCUT2D eigenvalue weighted by Gasteiger charge is 2.26. The van der Waals surface area contributed by atoms with Gasteiger partial charge in [0.25, 0.3) is 0 Å². The largest absolute Gasteiger partial charge is 0.314 e. The second-order valence-corrected chi connectivity index (χ2v) is 7.05. The van der Waals surface area contributed by atoms with Gasteiger partial charge >= 0.3 is 0 Å². The first-order valence-electron chi connectivity index (χ1n) is 7.37. The number of hydrogen-bond donors (Lipinski definition) is 1. The van der Waals surface area contributed by atoms with Crippen LogP contribution in [0.4, 0.5) is 0 Å². The predicted molar refractivity (Wildman–Crippen MR) is 78.1 cm³/mol. The van der Waals surface area contributed by atoms with Gasteiger partial charge in [0.2, 0.25) is 0 Å². The summed E-state index contributed by atoms with van der Waals surface area (Å²) in [7, 11) is 0. The summed E-state index contributed by atoms with van der Waals surface area (Å²) >= 11 is 1.99. The zero-order chi connectivity index (χ0) is 12.4. The van der Waals surface area contributed by atoms with Gasteiger partial charge in [-0.25, -0.2) is 0 Å². The molecule has 0 amide bonds. The molecule has 2 nitrogen and oxygen atoms in total. The van der Waals surface area contributed by atoms with Crippen LogP contribution in [0.1, 0.15) is 35.9 Å². The van der Waals surface area contributed by atoms with Crippen LogP contribution in [0.25, 0.3) is 0 Å². The number of hydrogen-bond acceptors (Lipinski definition) is 3. The molecular weight excluding hydrogens is 240 g/mol. The summed E-state index contributed by atoms with van der Waals surface area (Å²) in [6.45, 7) is 7.23. The molecule has 100 valence electrons. The third-order valence-corrected chi connectivity index (χ3v) is 5.30. The molecule has 18 heavy (non-hydrogen) atoms. The number of aryl methyl sites for hydroxylation is 1. The molecule has 1 saturated carbocycles. The summed E-state index contributed by atoms with van der Waals surface area (Å²) < 4.78 is 0. The van der Waals surface area contributed by atoms with Gasteiger partial charge in [-0.1, -0.05) is 6.92 Å². The molecule has 1 aromatic rings. The van der Waals surface area contributed by atoms with E-state index < -0.39 is 0 Å². The fourth-order valence-corrected chi connectivity index (χ4v) is 3.76. The Balaban J connectivity index is 1.43. The van der Waals surface area contributed by atoms with Crippen molar-refractivity contribution in [3.8, 4) is 0 Å². The highest BCUT2D eigenvalue weighted by Crippen LogP contribution is 2.24. The van der Waals surface area contributed by atoms with Gasteiger partial charge in [0.1, 0.15) is 0 Å². The number of thiophene rings is 1. The Morgan fingerprint density at radius 2 is 2.11 bits per heavy atom. The predicted octanol–water partition coefficient (Wildman–Crippen LogP) is 2.88. The third kappa shape index (κ3) is 3.34. The van der Waals surface area contributed by atoms with Crippen molar-refractivity contribution in [3.63, 3.8) is 0 Å². The maximum Gasteiger partial charge on any atom is 0.0328 e. The van der Waals surface area contributed by atoms with Crippen LogP contribution in [0, 0.1) is 5.92 Å². The molecule has 3 heteroatoms. The van der Waals surface area contributed by atoms with Crippen LogP contribution < -0.4 is 5.32 Å². The maximum absolute atomic E-state index is 3.67. The Morgan fingerprint density at radius 1 is 1.28 bits per heavy atom. The highest BCUT2D eigenvalue weighted by atomic mass is 32.1. The van der Waals surface area contributed by atoms with Crippen molar-refractivity contribution in [1.29, 1.82) is 0 Å². The molecule has 2 heterocycles. The Bertz CT molecular complexity index is 384. The van der Waals surface area contributed by atoms with Gasteiger partial charge < -0.3 is 5.32 Å². The molecule has 1 unspecified atom stereocenters. The van der Waals surface area contributed by atoms with Crippen LogP contribution in [-0.4, -0.2) is 30.6 Å². The van der Waals surface area contributed by atoms with E-state index in [4.69, 9.17) is 0 Å². The van der Waals surface area contributed by atoms with Crippen LogP contribution in [-0.2, 0) is 13.0 Å². The minimum Gasteiger partial charge on any atom is -0.314 e. The summed E-state index contributed by atoms with van der Waals surface area (Å²) in [5.74, 6) is 0.885. The summed E-state index contributed by atoms with van der Waals surface area (Å²) in [6, 6.07) is 5.48. The van der Waals surface area contributed by atoms with E-state index in [9.17, 15) is 0 Å². The van der Waals surface area contributed by atoms with E-state index in [-0.39, 0.29) is 0 Å². The zero-order valence-electron chi connectivity index (χ0n) is 11.3. The van der Waals surface area contributed by atoms with Crippen LogP contribution in [0.3, 0.4) is 0 Å². The van der Waals surface area contributed by atoms with Gasteiger partial charge in [-0.15, -0.1) is 11.3 Å². The Hall–Kier alpha value is -0.380. The van der Waals surface area contributed by atoms with Crippen molar-refractivity contribution in [3.05, 3.63) is 21.9 Å². The second-order valence-electron chi connectivity index (χ2n) is 5.79. The van der Waals surface area contributed by atoms with Crippen molar-refractivity contribution in [1.82, 2.24) is 10.2 Å². The topological polar surface area (TPSA) is 15.3 Å². The normalized spacial score (nSPS) is 24.8. The van der Waals surface area contributed by atoms with Crippen LogP contribution in [0.2, 0.25) is 0 Å². The Labute approximate surface area is 114 Å². The Morgan fingerprint density at radius 3 is 2.83 bits per heavy atom. The molecule has 0 bridgehead atoms. The second kappa shape index (κ2) is 5.72. The van der Waals surface area contributed by atoms with Gasteiger partial charge in [0.05, 0.1) is 0 Å². The molecule has 1 aliphatic carbocycles. The monoisotopic (exact) mass is 264 g/mol. The quantitative estimate of drug-likeness (QED) is 0.850. The lowest BCUT2D eigenvalue weighted by Crippen LogP contribution is -2.27. The van der Waals surface area contributed by atoms with E-state index in [1.165, 1.54) is 56.7 Å².